The Morgan fingerprint density at radius 2 is 1.76 bits per heavy atom. The Hall–Kier alpha value is -1.67. The van der Waals surface area contributed by atoms with Gasteiger partial charge in [-0.3, -0.25) is 4.68 Å². The molecule has 0 saturated carbocycles. The van der Waals surface area contributed by atoms with Gasteiger partial charge in [0.05, 0.1) is 23.6 Å². The molecule has 0 aliphatic heterocycles. The van der Waals surface area contributed by atoms with E-state index >= 15 is 0 Å². The molecule has 2 heterocycles. The van der Waals surface area contributed by atoms with Gasteiger partial charge in [0.1, 0.15) is 10.7 Å². The van der Waals surface area contributed by atoms with Crippen LogP contribution in [-0.2, 0) is 16.6 Å². The summed E-state index contributed by atoms with van der Waals surface area (Å²) in [5.41, 5.74) is 2.82. The normalized spacial score (nSPS) is 12.3. The highest BCUT2D eigenvalue weighted by atomic mass is 32.2. The molecule has 7 nitrogen and oxygen atoms in total. The summed E-state index contributed by atoms with van der Waals surface area (Å²) in [7, 11) is -0.478. The van der Waals surface area contributed by atoms with Crippen molar-refractivity contribution in [2.75, 3.05) is 14.1 Å². The fourth-order valence-corrected chi connectivity index (χ4v) is 3.53. The first-order valence-electron chi connectivity index (χ1n) is 6.54. The average molecular weight is 312 g/mol. The fourth-order valence-electron chi connectivity index (χ4n) is 2.27. The maximum absolute atomic E-state index is 12.4. The Kier molecular flexibility index (Phi) is 3.94. The molecule has 2 rings (SSSR count). The van der Waals surface area contributed by atoms with Gasteiger partial charge in [-0.2, -0.15) is 5.10 Å². The highest BCUT2D eigenvalue weighted by molar-refractivity contribution is 7.89. The van der Waals surface area contributed by atoms with Crippen molar-refractivity contribution < 1.29 is 12.9 Å². The highest BCUT2D eigenvalue weighted by Gasteiger charge is 2.27. The lowest BCUT2D eigenvalue weighted by molar-refractivity contribution is 0.391. The SMILES string of the molecule is Cc1noc(C)c1Cn1nc(C)c(S(=O)(=O)N(C)C)c1C. The summed E-state index contributed by atoms with van der Waals surface area (Å²) in [4.78, 5) is 0.263. The Bertz CT molecular complexity index is 752. The van der Waals surface area contributed by atoms with Gasteiger partial charge < -0.3 is 4.52 Å². The molecule has 0 amide bonds. The van der Waals surface area contributed by atoms with Crippen LogP contribution in [0.4, 0.5) is 0 Å². The molecule has 0 N–H and O–H groups in total. The lowest BCUT2D eigenvalue weighted by Gasteiger charge is -2.11. The van der Waals surface area contributed by atoms with Crippen LogP contribution in [0.25, 0.3) is 0 Å². The van der Waals surface area contributed by atoms with Crippen LogP contribution in [0, 0.1) is 27.7 Å². The summed E-state index contributed by atoms with van der Waals surface area (Å²) in [6, 6.07) is 0. The molecule has 0 saturated heterocycles. The Balaban J connectivity index is 2.50. The summed E-state index contributed by atoms with van der Waals surface area (Å²) in [5, 5.41) is 8.26. The molecular weight excluding hydrogens is 292 g/mol. The molecule has 0 atom stereocenters. The quantitative estimate of drug-likeness (QED) is 0.852. The first kappa shape index (κ1) is 15.7. The van der Waals surface area contributed by atoms with Gasteiger partial charge in [-0.25, -0.2) is 12.7 Å². The Morgan fingerprint density at radius 3 is 2.24 bits per heavy atom. The van der Waals surface area contributed by atoms with E-state index in [1.807, 2.05) is 13.8 Å². The second kappa shape index (κ2) is 5.27. The van der Waals surface area contributed by atoms with E-state index in [2.05, 4.69) is 10.3 Å². The van der Waals surface area contributed by atoms with Crippen molar-refractivity contribution in [2.45, 2.75) is 39.1 Å². The number of hydrogen-bond donors (Lipinski definition) is 0. The zero-order chi connectivity index (χ0) is 15.9. The summed E-state index contributed by atoms with van der Waals surface area (Å²) < 4.78 is 32.7. The van der Waals surface area contributed by atoms with E-state index < -0.39 is 10.0 Å². The third kappa shape index (κ3) is 2.60. The van der Waals surface area contributed by atoms with Gasteiger partial charge in [-0.15, -0.1) is 0 Å². The second-order valence-corrected chi connectivity index (χ2v) is 7.34. The summed E-state index contributed by atoms with van der Waals surface area (Å²) in [5.74, 6) is 0.720. The average Bonchev–Trinajstić information content (AvgIpc) is 2.83. The van der Waals surface area contributed by atoms with E-state index in [9.17, 15) is 8.42 Å². The first-order chi connectivity index (χ1) is 9.66. The number of hydrogen-bond acceptors (Lipinski definition) is 5. The molecule has 0 unspecified atom stereocenters. The molecule has 116 valence electrons. The Labute approximate surface area is 124 Å². The van der Waals surface area contributed by atoms with Crippen LogP contribution < -0.4 is 0 Å². The zero-order valence-electron chi connectivity index (χ0n) is 13.1. The molecule has 0 spiro atoms. The third-order valence-electron chi connectivity index (χ3n) is 3.54. The van der Waals surface area contributed by atoms with Gasteiger partial charge >= 0.3 is 0 Å². The molecule has 2 aromatic rings. The number of nitrogens with zero attached hydrogens (tertiary/aromatic N) is 4. The molecular formula is C13H20N4O3S. The molecule has 0 radical (unpaired) electrons. The molecule has 0 bridgehead atoms. The first-order valence-corrected chi connectivity index (χ1v) is 7.98. The fraction of sp³-hybridized carbons (Fsp3) is 0.538. The van der Waals surface area contributed by atoms with E-state index in [0.717, 1.165) is 17.0 Å². The van der Waals surface area contributed by atoms with E-state index in [-0.39, 0.29) is 4.90 Å². The van der Waals surface area contributed by atoms with Crippen LogP contribution in [0.1, 0.15) is 28.4 Å². The summed E-state index contributed by atoms with van der Waals surface area (Å²) in [6.07, 6.45) is 0. The maximum Gasteiger partial charge on any atom is 0.246 e. The Morgan fingerprint density at radius 1 is 1.14 bits per heavy atom. The molecule has 0 aliphatic rings. The number of aromatic nitrogens is 3. The topological polar surface area (TPSA) is 81.2 Å². The van der Waals surface area contributed by atoms with Crippen molar-refractivity contribution in [3.63, 3.8) is 0 Å². The summed E-state index contributed by atoms with van der Waals surface area (Å²) >= 11 is 0. The number of aryl methyl sites for hydroxylation is 3. The van der Waals surface area contributed by atoms with E-state index in [1.165, 1.54) is 18.4 Å². The van der Waals surface area contributed by atoms with Crippen molar-refractivity contribution in [3.05, 3.63) is 28.4 Å². The van der Waals surface area contributed by atoms with Gasteiger partial charge in [0.2, 0.25) is 10.0 Å². The van der Waals surface area contributed by atoms with Gasteiger partial charge in [-0.05, 0) is 27.7 Å². The van der Waals surface area contributed by atoms with Gasteiger partial charge in [0, 0.05) is 19.7 Å². The van der Waals surface area contributed by atoms with Gasteiger partial charge in [0.15, 0.2) is 0 Å². The lowest BCUT2D eigenvalue weighted by Crippen LogP contribution is -2.23. The van der Waals surface area contributed by atoms with Crippen molar-refractivity contribution in [1.82, 2.24) is 19.2 Å². The van der Waals surface area contributed by atoms with Gasteiger partial charge in [0.25, 0.3) is 0 Å². The smallest absolute Gasteiger partial charge is 0.246 e. The van der Waals surface area contributed by atoms with Crippen molar-refractivity contribution in [2.24, 2.45) is 0 Å². The predicted molar refractivity (Wildman–Crippen MR) is 77.7 cm³/mol. The lowest BCUT2D eigenvalue weighted by atomic mass is 10.2. The van der Waals surface area contributed by atoms with Crippen LogP contribution in [0.15, 0.2) is 9.42 Å². The molecule has 2 aromatic heterocycles. The number of sulfonamides is 1. The maximum atomic E-state index is 12.4. The zero-order valence-corrected chi connectivity index (χ0v) is 13.9. The minimum absolute atomic E-state index is 0.263. The van der Waals surface area contributed by atoms with Crippen LogP contribution in [0.3, 0.4) is 0 Å². The van der Waals surface area contributed by atoms with Crippen molar-refractivity contribution >= 4 is 10.0 Å². The molecule has 8 heteroatoms. The predicted octanol–water partition coefficient (Wildman–Crippen LogP) is 1.40. The number of rotatable bonds is 4. The van der Waals surface area contributed by atoms with Crippen molar-refractivity contribution in [1.29, 1.82) is 0 Å². The van der Waals surface area contributed by atoms with Crippen LogP contribution in [-0.4, -0.2) is 41.8 Å². The van der Waals surface area contributed by atoms with E-state index in [0.29, 0.717) is 17.9 Å². The minimum Gasteiger partial charge on any atom is -0.361 e. The van der Waals surface area contributed by atoms with Crippen molar-refractivity contribution in [3.8, 4) is 0 Å². The monoisotopic (exact) mass is 312 g/mol. The van der Waals surface area contributed by atoms with E-state index in [1.54, 1.807) is 18.5 Å². The minimum atomic E-state index is -3.51. The van der Waals surface area contributed by atoms with Crippen LogP contribution in [0.2, 0.25) is 0 Å². The molecule has 0 aliphatic carbocycles. The van der Waals surface area contributed by atoms with E-state index in [4.69, 9.17) is 4.52 Å². The van der Waals surface area contributed by atoms with Crippen LogP contribution in [0.5, 0.6) is 0 Å². The van der Waals surface area contributed by atoms with Gasteiger partial charge in [-0.1, -0.05) is 5.16 Å². The standard InChI is InChI=1S/C13H20N4O3S/c1-8-12(11(4)20-15-8)7-17-10(3)13(9(2)14-17)21(18,19)16(5)6/h7H2,1-6H3. The molecule has 0 aromatic carbocycles. The second-order valence-electron chi connectivity index (χ2n) is 5.25. The molecule has 21 heavy (non-hydrogen) atoms. The summed E-state index contributed by atoms with van der Waals surface area (Å²) in [6.45, 7) is 7.59. The largest absolute Gasteiger partial charge is 0.361 e. The highest BCUT2D eigenvalue weighted by Crippen LogP contribution is 2.23. The molecule has 0 fully saturated rings. The third-order valence-corrected chi connectivity index (χ3v) is 5.61. The van der Waals surface area contributed by atoms with Crippen LogP contribution >= 0.6 is 0 Å².